The van der Waals surface area contributed by atoms with Crippen molar-refractivity contribution in [3.8, 4) is 0 Å². The number of amides is 6. The number of carboxylic acid groups (broad SMARTS) is 2. The molecule has 0 aromatic heterocycles. The number of hydrogen-bond donors (Lipinski definition) is 11. The molecule has 1 saturated heterocycles. The fraction of sp³-hybridized carbons (Fsp3) is 0.714. The molecule has 8 atom stereocenters. The maximum Gasteiger partial charge on any atom is 0.328 e. The Morgan fingerprint density at radius 3 is 1.96 bits per heavy atom. The number of nitrogens with two attached hydrogens (primary N) is 1. The Bertz CT molecular complexity index is 1210. The van der Waals surface area contributed by atoms with E-state index in [-0.39, 0.29) is 19.4 Å². The lowest BCUT2D eigenvalue weighted by Gasteiger charge is -2.31. The standard InChI is InChI=1S/C28H47N7O13S/c1-13(30-23(42)15(29)11-36)22(41)31-16(8-10-49-3)24(43)32-17(6-7-20(39)40)27(46)35-9-4-5-19(35)25(44)34-21(14(2)38)26(45)33-18(12-37)28(47)48/h13-19,21,36-38H,4-12,29H2,1-3H3,(H,30,42)(H,31,41)(H,32,43)(H,33,45)(H,34,44)(H,39,40)(H,47,48). The number of carbonyl (C=O) groups is 8. The van der Waals surface area contributed by atoms with Crippen LogP contribution >= 0.6 is 11.8 Å². The zero-order chi connectivity index (χ0) is 37.4. The summed E-state index contributed by atoms with van der Waals surface area (Å²) >= 11 is 1.35. The molecule has 278 valence electrons. The molecule has 0 aromatic carbocycles. The third-order valence-electron chi connectivity index (χ3n) is 7.49. The molecule has 21 heteroatoms. The van der Waals surface area contributed by atoms with E-state index in [0.717, 1.165) is 11.8 Å². The zero-order valence-electron chi connectivity index (χ0n) is 27.4. The summed E-state index contributed by atoms with van der Waals surface area (Å²) in [5, 5.41) is 58.3. The van der Waals surface area contributed by atoms with Crippen molar-refractivity contribution in [1.29, 1.82) is 0 Å². The molecule has 1 rings (SSSR count). The predicted octanol–water partition coefficient (Wildman–Crippen LogP) is -5.18. The molecule has 0 spiro atoms. The number of thioether (sulfide) groups is 1. The maximum absolute atomic E-state index is 13.7. The van der Waals surface area contributed by atoms with E-state index in [1.807, 2.05) is 5.32 Å². The van der Waals surface area contributed by atoms with E-state index in [1.165, 1.54) is 18.7 Å². The van der Waals surface area contributed by atoms with E-state index in [2.05, 4.69) is 21.3 Å². The fourth-order valence-electron chi connectivity index (χ4n) is 4.67. The van der Waals surface area contributed by atoms with Crippen LogP contribution in [0.15, 0.2) is 0 Å². The number of rotatable bonds is 21. The van der Waals surface area contributed by atoms with Gasteiger partial charge in [0.25, 0.3) is 0 Å². The molecule has 8 unspecified atom stereocenters. The van der Waals surface area contributed by atoms with Gasteiger partial charge >= 0.3 is 11.9 Å². The van der Waals surface area contributed by atoms with Crippen LogP contribution in [0, 0.1) is 0 Å². The molecule has 0 bridgehead atoms. The maximum atomic E-state index is 13.7. The van der Waals surface area contributed by atoms with Crippen LogP contribution in [0.25, 0.3) is 0 Å². The summed E-state index contributed by atoms with van der Waals surface area (Å²) in [6.07, 6.45) is -0.261. The van der Waals surface area contributed by atoms with E-state index in [1.54, 1.807) is 6.26 Å². The van der Waals surface area contributed by atoms with E-state index < -0.39 is 122 Å². The first-order chi connectivity index (χ1) is 23.0. The number of nitrogens with one attached hydrogen (secondary N) is 5. The Morgan fingerprint density at radius 2 is 1.43 bits per heavy atom. The molecule has 1 aliphatic rings. The topological polar surface area (TPSA) is 327 Å². The lowest BCUT2D eigenvalue weighted by molar-refractivity contribution is -0.145. The third kappa shape index (κ3) is 13.8. The summed E-state index contributed by atoms with van der Waals surface area (Å²) in [5.41, 5.74) is 5.46. The van der Waals surface area contributed by atoms with E-state index in [9.17, 15) is 53.7 Å². The second-order valence-corrected chi connectivity index (χ2v) is 12.3. The number of nitrogens with zero attached hydrogens (tertiary/aromatic N) is 1. The molecule has 0 aromatic rings. The van der Waals surface area contributed by atoms with Gasteiger partial charge in [0, 0.05) is 13.0 Å². The Labute approximate surface area is 286 Å². The highest BCUT2D eigenvalue weighted by Gasteiger charge is 2.40. The van der Waals surface area contributed by atoms with E-state index in [4.69, 9.17) is 15.9 Å². The molecular weight excluding hydrogens is 674 g/mol. The van der Waals surface area contributed by atoms with Crippen molar-refractivity contribution in [3.63, 3.8) is 0 Å². The van der Waals surface area contributed by atoms with Gasteiger partial charge in [-0.25, -0.2) is 4.79 Å². The highest BCUT2D eigenvalue weighted by molar-refractivity contribution is 7.98. The molecular formula is C28H47N7O13S. The minimum atomic E-state index is -1.72. The van der Waals surface area contributed by atoms with Gasteiger partial charge in [0.1, 0.15) is 42.3 Å². The monoisotopic (exact) mass is 721 g/mol. The quantitative estimate of drug-likeness (QED) is 0.0528. The van der Waals surface area contributed by atoms with E-state index >= 15 is 0 Å². The van der Waals surface area contributed by atoms with Crippen LogP contribution in [0.3, 0.4) is 0 Å². The Balaban J connectivity index is 3.18. The third-order valence-corrected chi connectivity index (χ3v) is 8.13. The van der Waals surface area contributed by atoms with Crippen molar-refractivity contribution in [2.75, 3.05) is 31.8 Å². The predicted molar refractivity (Wildman–Crippen MR) is 171 cm³/mol. The van der Waals surface area contributed by atoms with Gasteiger partial charge in [0.05, 0.1) is 19.3 Å². The summed E-state index contributed by atoms with van der Waals surface area (Å²) in [4.78, 5) is 102. The average Bonchev–Trinajstić information content (AvgIpc) is 3.54. The molecule has 0 radical (unpaired) electrons. The van der Waals surface area contributed by atoms with Crippen LogP contribution in [-0.4, -0.2) is 158 Å². The Hall–Kier alpha value is -4.05. The summed E-state index contributed by atoms with van der Waals surface area (Å²) in [5.74, 6) is -7.75. The molecule has 20 nitrogen and oxygen atoms in total. The highest BCUT2D eigenvalue weighted by Crippen LogP contribution is 2.20. The lowest BCUT2D eigenvalue weighted by atomic mass is 10.1. The van der Waals surface area contributed by atoms with Crippen LogP contribution in [0.1, 0.15) is 46.0 Å². The van der Waals surface area contributed by atoms with Gasteiger partial charge in [0.15, 0.2) is 0 Å². The fourth-order valence-corrected chi connectivity index (χ4v) is 5.14. The number of carbonyl (C=O) groups excluding carboxylic acids is 6. The first kappa shape index (κ1) is 43.0. The molecule has 1 heterocycles. The highest BCUT2D eigenvalue weighted by atomic mass is 32.2. The van der Waals surface area contributed by atoms with Gasteiger partial charge < -0.3 is 62.8 Å². The van der Waals surface area contributed by atoms with Crippen LogP contribution in [0.5, 0.6) is 0 Å². The largest absolute Gasteiger partial charge is 0.481 e. The summed E-state index contributed by atoms with van der Waals surface area (Å²) < 4.78 is 0. The van der Waals surface area contributed by atoms with Crippen LogP contribution in [0.4, 0.5) is 0 Å². The lowest BCUT2D eigenvalue weighted by Crippen LogP contribution is -2.61. The van der Waals surface area contributed by atoms with E-state index in [0.29, 0.717) is 12.2 Å². The van der Waals surface area contributed by atoms with Crippen molar-refractivity contribution in [1.82, 2.24) is 31.5 Å². The Morgan fingerprint density at radius 1 is 0.816 bits per heavy atom. The number of likely N-dealkylation sites (tertiary alicyclic amines) is 1. The van der Waals surface area contributed by atoms with Gasteiger partial charge in [-0.2, -0.15) is 11.8 Å². The first-order valence-electron chi connectivity index (χ1n) is 15.4. The number of aliphatic hydroxyl groups is 3. The average molecular weight is 722 g/mol. The zero-order valence-corrected chi connectivity index (χ0v) is 28.2. The Kier molecular flexibility index (Phi) is 18.5. The number of aliphatic carboxylic acids is 2. The molecule has 6 amide bonds. The number of carboxylic acids is 2. The van der Waals surface area contributed by atoms with Crippen molar-refractivity contribution in [2.45, 2.75) is 94.3 Å². The normalized spacial score (nSPS) is 18.4. The van der Waals surface area contributed by atoms with Crippen molar-refractivity contribution in [3.05, 3.63) is 0 Å². The van der Waals surface area contributed by atoms with Gasteiger partial charge in [0.2, 0.25) is 35.4 Å². The van der Waals surface area contributed by atoms with Crippen molar-refractivity contribution in [2.24, 2.45) is 5.73 Å². The van der Waals surface area contributed by atoms with Crippen LogP contribution in [0.2, 0.25) is 0 Å². The summed E-state index contributed by atoms with van der Waals surface area (Å²) in [6, 6.07) is -9.77. The SMILES string of the molecule is CSCCC(NC(=O)C(C)NC(=O)C(N)CO)C(=O)NC(CCC(=O)O)C(=O)N1CCCC1C(=O)NC(C(=O)NC(CO)C(=O)O)C(C)O. The van der Waals surface area contributed by atoms with Crippen LogP contribution in [-0.2, 0) is 38.4 Å². The summed E-state index contributed by atoms with van der Waals surface area (Å²) in [6.45, 7) is 0.846. The summed E-state index contributed by atoms with van der Waals surface area (Å²) in [7, 11) is 0. The second kappa shape index (κ2) is 21.1. The molecule has 0 aliphatic carbocycles. The second-order valence-electron chi connectivity index (χ2n) is 11.4. The van der Waals surface area contributed by atoms with Crippen LogP contribution < -0.4 is 32.3 Å². The minimum absolute atomic E-state index is 0.00727. The number of aliphatic hydroxyl groups excluding tert-OH is 3. The van der Waals surface area contributed by atoms with Gasteiger partial charge in [-0.3, -0.25) is 33.6 Å². The van der Waals surface area contributed by atoms with Gasteiger partial charge in [-0.15, -0.1) is 0 Å². The molecule has 1 aliphatic heterocycles. The minimum Gasteiger partial charge on any atom is -0.481 e. The smallest absolute Gasteiger partial charge is 0.328 e. The molecule has 12 N–H and O–H groups in total. The first-order valence-corrected chi connectivity index (χ1v) is 16.8. The van der Waals surface area contributed by atoms with Gasteiger partial charge in [-0.1, -0.05) is 0 Å². The van der Waals surface area contributed by atoms with Crippen molar-refractivity contribution < 1.29 is 63.9 Å². The van der Waals surface area contributed by atoms with Crippen molar-refractivity contribution >= 4 is 59.1 Å². The molecule has 49 heavy (non-hydrogen) atoms. The van der Waals surface area contributed by atoms with Gasteiger partial charge in [-0.05, 0) is 51.5 Å². The molecule has 0 saturated carbocycles. The number of hydrogen-bond acceptors (Lipinski definition) is 13. The molecule has 1 fully saturated rings.